The molecule has 0 saturated heterocycles. The summed E-state index contributed by atoms with van der Waals surface area (Å²) in [6.45, 7) is 7.53. The topological polar surface area (TPSA) is 124 Å². The van der Waals surface area contributed by atoms with Crippen molar-refractivity contribution in [2.75, 3.05) is 140 Å². The highest BCUT2D eigenvalue weighted by molar-refractivity contribution is 5.58. The van der Waals surface area contributed by atoms with Gasteiger partial charge in [0.2, 0.25) is 5.75 Å². The minimum absolute atomic E-state index is 0.247. The molecule has 0 N–H and O–H groups in total. The van der Waals surface area contributed by atoms with Crippen LogP contribution in [0.1, 0.15) is 22.3 Å². The third-order valence-corrected chi connectivity index (χ3v) is 7.14. The van der Waals surface area contributed by atoms with E-state index in [1.807, 2.05) is 48.5 Å². The van der Waals surface area contributed by atoms with Crippen LogP contribution in [0.2, 0.25) is 0 Å². The fourth-order valence-electron chi connectivity index (χ4n) is 4.38. The monoisotopic (exact) mass is 765 g/mol. The number of pyridine rings is 1. The first-order valence-corrected chi connectivity index (χ1v) is 18.3. The Balaban J connectivity index is 1.73. The van der Waals surface area contributed by atoms with Crippen LogP contribution in [0.15, 0.2) is 60.9 Å². The van der Waals surface area contributed by atoms with Gasteiger partial charge in [-0.15, -0.1) is 0 Å². The van der Waals surface area contributed by atoms with Crippen LogP contribution in [0.5, 0.6) is 17.2 Å². The van der Waals surface area contributed by atoms with Gasteiger partial charge in [0, 0.05) is 56.0 Å². The number of benzene rings is 2. The van der Waals surface area contributed by atoms with Crippen LogP contribution < -0.4 is 14.2 Å². The highest BCUT2D eigenvalue weighted by Gasteiger charge is 2.16. The fourth-order valence-corrected chi connectivity index (χ4v) is 4.38. The molecule has 0 aliphatic rings. The average Bonchev–Trinajstić information content (AvgIpc) is 3.21. The molecule has 0 unspecified atom stereocenters. The van der Waals surface area contributed by atoms with E-state index in [1.165, 1.54) is 0 Å². The number of ether oxygens (including phenoxy) is 12. The van der Waals surface area contributed by atoms with Crippen molar-refractivity contribution >= 4 is 0 Å². The minimum atomic E-state index is 0.247. The first-order valence-electron chi connectivity index (χ1n) is 18.3. The van der Waals surface area contributed by atoms with E-state index >= 15 is 0 Å². The molecule has 1 aromatic heterocycles. The molecule has 13 heteroatoms. The largest absolute Gasteiger partial charge is 0.487 e. The second-order valence-corrected chi connectivity index (χ2v) is 11.3. The molecule has 1 heterocycles. The molecular formula is C42H55NO12. The molecular weight excluding hydrogens is 710 g/mol. The third kappa shape index (κ3) is 21.4. The van der Waals surface area contributed by atoms with Crippen molar-refractivity contribution in [2.24, 2.45) is 0 Å². The van der Waals surface area contributed by atoms with Crippen LogP contribution in [0.25, 0.3) is 0 Å². The summed E-state index contributed by atoms with van der Waals surface area (Å²) in [6, 6.07) is 15.2. The molecule has 3 aromatic rings. The molecule has 55 heavy (non-hydrogen) atoms. The van der Waals surface area contributed by atoms with Gasteiger partial charge < -0.3 is 56.8 Å². The lowest BCUT2D eigenvalue weighted by atomic mass is 10.1. The fraction of sp³-hybridized carbons (Fsp3) is 0.500. The van der Waals surface area contributed by atoms with Crippen molar-refractivity contribution in [1.82, 2.24) is 4.98 Å². The third-order valence-electron chi connectivity index (χ3n) is 7.14. The molecule has 0 atom stereocenters. The first-order chi connectivity index (χ1) is 27.2. The van der Waals surface area contributed by atoms with Gasteiger partial charge in [-0.2, -0.15) is 0 Å². The highest BCUT2D eigenvalue weighted by Crippen LogP contribution is 2.39. The number of rotatable bonds is 30. The number of hydrogen-bond donors (Lipinski definition) is 0. The molecule has 0 fully saturated rings. The summed E-state index contributed by atoms with van der Waals surface area (Å²) in [5, 5.41) is 0. The Kier molecular flexibility index (Phi) is 25.4. The number of aromatic nitrogens is 1. The van der Waals surface area contributed by atoms with Crippen LogP contribution in [0.3, 0.4) is 0 Å². The van der Waals surface area contributed by atoms with E-state index in [1.54, 1.807) is 33.7 Å². The first kappa shape index (κ1) is 45.1. The predicted molar refractivity (Wildman–Crippen MR) is 206 cm³/mol. The Morgan fingerprint density at radius 2 is 0.673 bits per heavy atom. The highest BCUT2D eigenvalue weighted by atomic mass is 16.6. The smallest absolute Gasteiger partial charge is 0.203 e. The van der Waals surface area contributed by atoms with E-state index in [0.717, 1.165) is 16.7 Å². The summed E-state index contributed by atoms with van der Waals surface area (Å²) < 4.78 is 67.2. The molecule has 0 amide bonds. The van der Waals surface area contributed by atoms with Gasteiger partial charge in [0.15, 0.2) is 11.5 Å². The number of nitrogens with zero attached hydrogens (tertiary/aromatic N) is 1. The molecule has 2 aromatic carbocycles. The molecule has 13 nitrogen and oxygen atoms in total. The average molecular weight is 766 g/mol. The molecule has 300 valence electrons. The summed E-state index contributed by atoms with van der Waals surface area (Å²) >= 11 is 0. The van der Waals surface area contributed by atoms with Gasteiger partial charge in [0.25, 0.3) is 0 Å². The van der Waals surface area contributed by atoms with Crippen LogP contribution in [0.4, 0.5) is 0 Å². The van der Waals surface area contributed by atoms with Gasteiger partial charge in [-0.05, 0) is 48.5 Å². The second-order valence-electron chi connectivity index (χ2n) is 11.3. The zero-order chi connectivity index (χ0) is 38.9. The van der Waals surface area contributed by atoms with Crippen molar-refractivity contribution in [2.45, 2.75) is 0 Å². The minimum Gasteiger partial charge on any atom is -0.487 e. The Labute approximate surface area is 325 Å². The maximum Gasteiger partial charge on any atom is 0.203 e. The summed E-state index contributed by atoms with van der Waals surface area (Å²) in [5.74, 6) is 14.1. The SMILES string of the molecule is COCCOCCOCCOc1cc(C#Cc2ccc(C#Cc3ccncc3)cc2)cc(OCCOCCOCCOC)c1OCCOCCOCCOC. The van der Waals surface area contributed by atoms with E-state index < -0.39 is 0 Å². The predicted octanol–water partition coefficient (Wildman–Crippen LogP) is 4.06. The Bertz CT molecular complexity index is 1490. The lowest BCUT2D eigenvalue weighted by Crippen LogP contribution is -2.15. The zero-order valence-electron chi connectivity index (χ0n) is 32.3. The van der Waals surface area contributed by atoms with Gasteiger partial charge in [-0.3, -0.25) is 4.98 Å². The molecule has 0 aliphatic heterocycles. The van der Waals surface area contributed by atoms with Gasteiger partial charge in [-0.1, -0.05) is 23.7 Å². The van der Waals surface area contributed by atoms with Gasteiger partial charge in [0.05, 0.1) is 99.1 Å². The van der Waals surface area contributed by atoms with Crippen molar-refractivity contribution in [3.8, 4) is 40.9 Å². The lowest BCUT2D eigenvalue weighted by molar-refractivity contribution is 0.0146. The van der Waals surface area contributed by atoms with Crippen molar-refractivity contribution in [1.29, 1.82) is 0 Å². The quantitative estimate of drug-likeness (QED) is 0.0717. The van der Waals surface area contributed by atoms with E-state index in [0.29, 0.717) is 122 Å². The second kappa shape index (κ2) is 31.0. The van der Waals surface area contributed by atoms with Crippen LogP contribution in [-0.4, -0.2) is 145 Å². The van der Waals surface area contributed by atoms with Crippen molar-refractivity contribution < 1.29 is 56.8 Å². The maximum absolute atomic E-state index is 6.22. The zero-order valence-corrected chi connectivity index (χ0v) is 32.3. The molecule has 0 radical (unpaired) electrons. The van der Waals surface area contributed by atoms with Gasteiger partial charge in [0.1, 0.15) is 19.8 Å². The van der Waals surface area contributed by atoms with E-state index in [4.69, 9.17) is 56.8 Å². The van der Waals surface area contributed by atoms with E-state index in [9.17, 15) is 0 Å². The Hall–Kier alpha value is -4.25. The number of hydrogen-bond acceptors (Lipinski definition) is 13. The molecule has 0 aliphatic carbocycles. The van der Waals surface area contributed by atoms with Crippen LogP contribution >= 0.6 is 0 Å². The van der Waals surface area contributed by atoms with Gasteiger partial charge in [-0.25, -0.2) is 0 Å². The molecule has 3 rings (SSSR count). The van der Waals surface area contributed by atoms with E-state index in [2.05, 4.69) is 28.7 Å². The Morgan fingerprint density at radius 1 is 0.364 bits per heavy atom. The number of methoxy groups -OCH3 is 3. The summed E-state index contributed by atoms with van der Waals surface area (Å²) in [6.07, 6.45) is 3.44. The van der Waals surface area contributed by atoms with E-state index in [-0.39, 0.29) is 19.8 Å². The van der Waals surface area contributed by atoms with Crippen molar-refractivity contribution in [3.05, 3.63) is 83.2 Å². The maximum atomic E-state index is 6.22. The summed E-state index contributed by atoms with van der Waals surface area (Å²) in [5.41, 5.74) is 3.27. The normalized spacial score (nSPS) is 10.7. The van der Waals surface area contributed by atoms with Crippen LogP contribution in [-0.2, 0) is 42.6 Å². The standard InChI is InChI=1S/C42H55NO12/c1-44-16-19-47-22-25-50-28-31-53-40-34-39(11-10-37-6-4-36(5-7-37)8-9-38-12-14-43-15-13-38)35-41(54-32-29-51-26-23-48-20-17-45-2)42(40)55-33-30-52-27-24-49-21-18-46-3/h4-7,12-15,34-35H,16-33H2,1-3H3. The van der Waals surface area contributed by atoms with Crippen molar-refractivity contribution in [3.63, 3.8) is 0 Å². The summed E-state index contributed by atoms with van der Waals surface area (Å²) in [4.78, 5) is 4.03. The molecule has 0 saturated carbocycles. The summed E-state index contributed by atoms with van der Waals surface area (Å²) in [7, 11) is 4.90. The molecule has 0 bridgehead atoms. The van der Waals surface area contributed by atoms with Crippen LogP contribution in [0, 0.1) is 23.7 Å². The molecule has 0 spiro atoms. The Morgan fingerprint density at radius 3 is 1.05 bits per heavy atom. The lowest BCUT2D eigenvalue weighted by Gasteiger charge is -2.18. The van der Waals surface area contributed by atoms with Gasteiger partial charge >= 0.3 is 0 Å².